The highest BCUT2D eigenvalue weighted by Crippen LogP contribution is 2.08. The summed E-state index contributed by atoms with van der Waals surface area (Å²) in [7, 11) is 1.42. The van der Waals surface area contributed by atoms with Crippen molar-refractivity contribution in [3.8, 4) is 0 Å². The summed E-state index contributed by atoms with van der Waals surface area (Å²) in [5.41, 5.74) is 1.26. The van der Waals surface area contributed by atoms with Gasteiger partial charge < -0.3 is 4.74 Å². The van der Waals surface area contributed by atoms with Gasteiger partial charge in [0, 0.05) is 19.8 Å². The van der Waals surface area contributed by atoms with Gasteiger partial charge >= 0.3 is 5.97 Å². The van der Waals surface area contributed by atoms with Crippen LogP contribution in [0.3, 0.4) is 0 Å². The number of methoxy groups -OCH3 is 1. The number of rotatable bonds is 3. The molecule has 1 atom stereocenters. The summed E-state index contributed by atoms with van der Waals surface area (Å²) in [6, 6.07) is 10.0. The molecule has 4 nitrogen and oxygen atoms in total. The lowest BCUT2D eigenvalue weighted by Gasteiger charge is -2.13. The summed E-state index contributed by atoms with van der Waals surface area (Å²) in [6.07, 6.45) is 0. The topological polar surface area (TPSA) is 41.6 Å². The third-order valence-electron chi connectivity index (χ3n) is 2.74. The Labute approximate surface area is 95.2 Å². The fourth-order valence-corrected chi connectivity index (χ4v) is 1.89. The van der Waals surface area contributed by atoms with Gasteiger partial charge in [-0.3, -0.25) is 15.0 Å². The SMILES string of the molecule is COC(=O)[C@H]1CN(Cc2ccccc2)CN1. The van der Waals surface area contributed by atoms with E-state index in [0.717, 1.165) is 13.2 Å². The highest BCUT2D eigenvalue weighted by atomic mass is 16.5. The summed E-state index contributed by atoms with van der Waals surface area (Å²) in [5, 5.41) is 3.13. The van der Waals surface area contributed by atoms with Crippen molar-refractivity contribution in [2.45, 2.75) is 12.6 Å². The van der Waals surface area contributed by atoms with Gasteiger partial charge in [-0.25, -0.2) is 0 Å². The molecule has 2 rings (SSSR count). The maximum Gasteiger partial charge on any atom is 0.324 e. The van der Waals surface area contributed by atoms with Gasteiger partial charge in [-0.1, -0.05) is 30.3 Å². The lowest BCUT2D eigenvalue weighted by molar-refractivity contribution is -0.142. The van der Waals surface area contributed by atoms with Crippen LogP contribution in [0.1, 0.15) is 5.56 Å². The molecule has 0 saturated carbocycles. The zero-order chi connectivity index (χ0) is 11.4. The molecule has 0 aliphatic carbocycles. The van der Waals surface area contributed by atoms with Crippen LogP contribution in [-0.2, 0) is 16.1 Å². The Morgan fingerprint density at radius 3 is 2.94 bits per heavy atom. The predicted molar refractivity (Wildman–Crippen MR) is 60.7 cm³/mol. The largest absolute Gasteiger partial charge is 0.468 e. The number of carbonyl (C=O) groups excluding carboxylic acids is 1. The van der Waals surface area contributed by atoms with Crippen molar-refractivity contribution in [2.24, 2.45) is 0 Å². The van der Waals surface area contributed by atoms with Crippen molar-refractivity contribution >= 4 is 5.97 Å². The molecule has 0 unspecified atom stereocenters. The van der Waals surface area contributed by atoms with E-state index in [1.807, 2.05) is 18.2 Å². The first-order valence-corrected chi connectivity index (χ1v) is 5.37. The molecule has 0 bridgehead atoms. The van der Waals surface area contributed by atoms with Crippen LogP contribution in [0.25, 0.3) is 0 Å². The molecule has 1 aliphatic rings. The number of hydrogen-bond acceptors (Lipinski definition) is 4. The minimum absolute atomic E-state index is 0.185. The quantitative estimate of drug-likeness (QED) is 0.757. The van der Waals surface area contributed by atoms with Crippen molar-refractivity contribution in [2.75, 3.05) is 20.3 Å². The molecule has 1 aliphatic heterocycles. The van der Waals surface area contributed by atoms with E-state index < -0.39 is 0 Å². The highest BCUT2D eigenvalue weighted by molar-refractivity contribution is 5.76. The molecule has 1 saturated heterocycles. The highest BCUT2D eigenvalue weighted by Gasteiger charge is 2.27. The molecule has 1 fully saturated rings. The van der Waals surface area contributed by atoms with Crippen LogP contribution >= 0.6 is 0 Å². The van der Waals surface area contributed by atoms with Gasteiger partial charge in [-0.05, 0) is 5.56 Å². The van der Waals surface area contributed by atoms with E-state index in [9.17, 15) is 4.79 Å². The van der Waals surface area contributed by atoms with E-state index in [0.29, 0.717) is 6.54 Å². The van der Waals surface area contributed by atoms with Crippen LogP contribution in [0.5, 0.6) is 0 Å². The minimum Gasteiger partial charge on any atom is -0.468 e. The normalized spacial score (nSPS) is 20.9. The molecule has 1 N–H and O–H groups in total. The Kier molecular flexibility index (Phi) is 3.54. The molecule has 1 aromatic rings. The summed E-state index contributed by atoms with van der Waals surface area (Å²) in [5.74, 6) is -0.185. The first kappa shape index (κ1) is 11.1. The van der Waals surface area contributed by atoms with Crippen molar-refractivity contribution in [3.63, 3.8) is 0 Å². The average molecular weight is 220 g/mol. The smallest absolute Gasteiger partial charge is 0.324 e. The van der Waals surface area contributed by atoms with Crippen LogP contribution in [-0.4, -0.2) is 37.2 Å². The van der Waals surface area contributed by atoms with E-state index in [1.54, 1.807) is 0 Å². The maximum atomic E-state index is 11.3. The molecule has 1 aromatic carbocycles. The molecule has 0 spiro atoms. The number of nitrogens with one attached hydrogen (secondary N) is 1. The second-order valence-electron chi connectivity index (χ2n) is 3.94. The Morgan fingerprint density at radius 1 is 1.50 bits per heavy atom. The monoisotopic (exact) mass is 220 g/mol. The van der Waals surface area contributed by atoms with Crippen LogP contribution < -0.4 is 5.32 Å². The van der Waals surface area contributed by atoms with Gasteiger partial charge in [-0.2, -0.15) is 0 Å². The number of esters is 1. The molecule has 0 amide bonds. The number of carbonyl (C=O) groups is 1. The molecule has 0 aromatic heterocycles. The van der Waals surface area contributed by atoms with Crippen LogP contribution in [0.2, 0.25) is 0 Å². The second-order valence-corrected chi connectivity index (χ2v) is 3.94. The van der Waals surface area contributed by atoms with Gasteiger partial charge in [0.2, 0.25) is 0 Å². The number of nitrogens with zero attached hydrogens (tertiary/aromatic N) is 1. The first-order chi connectivity index (χ1) is 7.79. The average Bonchev–Trinajstić information content (AvgIpc) is 2.78. The van der Waals surface area contributed by atoms with Gasteiger partial charge in [0.05, 0.1) is 7.11 Å². The van der Waals surface area contributed by atoms with Crippen molar-refractivity contribution in [3.05, 3.63) is 35.9 Å². The zero-order valence-corrected chi connectivity index (χ0v) is 9.35. The predicted octanol–water partition coefficient (Wildman–Crippen LogP) is 0.591. The van der Waals surface area contributed by atoms with E-state index in [1.165, 1.54) is 12.7 Å². The number of hydrogen-bond donors (Lipinski definition) is 1. The molecular weight excluding hydrogens is 204 g/mol. The number of benzene rings is 1. The summed E-state index contributed by atoms with van der Waals surface area (Å²) < 4.78 is 4.70. The fraction of sp³-hybridized carbons (Fsp3) is 0.417. The first-order valence-electron chi connectivity index (χ1n) is 5.37. The molecule has 16 heavy (non-hydrogen) atoms. The van der Waals surface area contributed by atoms with E-state index in [2.05, 4.69) is 22.3 Å². The number of ether oxygens (including phenoxy) is 1. The maximum absolute atomic E-state index is 11.3. The molecule has 0 radical (unpaired) electrons. The molecule has 1 heterocycles. The Balaban J connectivity index is 1.88. The molecule has 86 valence electrons. The van der Waals surface area contributed by atoms with Crippen LogP contribution in [0.15, 0.2) is 30.3 Å². The lowest BCUT2D eigenvalue weighted by Crippen LogP contribution is -2.34. The van der Waals surface area contributed by atoms with Crippen LogP contribution in [0.4, 0.5) is 0 Å². The van der Waals surface area contributed by atoms with Crippen LogP contribution in [0, 0.1) is 0 Å². The Hall–Kier alpha value is -1.39. The summed E-state index contributed by atoms with van der Waals surface area (Å²) in [6.45, 7) is 2.30. The Bertz CT molecular complexity index is 353. The minimum atomic E-state index is -0.186. The molecular formula is C12H16N2O2. The van der Waals surface area contributed by atoms with E-state index in [-0.39, 0.29) is 12.0 Å². The van der Waals surface area contributed by atoms with Crippen molar-refractivity contribution in [1.29, 1.82) is 0 Å². The molecule has 4 heteroatoms. The second kappa shape index (κ2) is 5.09. The lowest BCUT2D eigenvalue weighted by atomic mass is 10.2. The van der Waals surface area contributed by atoms with E-state index >= 15 is 0 Å². The zero-order valence-electron chi connectivity index (χ0n) is 9.35. The third kappa shape index (κ3) is 2.59. The van der Waals surface area contributed by atoms with Gasteiger partial charge in [-0.15, -0.1) is 0 Å². The van der Waals surface area contributed by atoms with Gasteiger partial charge in [0.15, 0.2) is 0 Å². The summed E-state index contributed by atoms with van der Waals surface area (Å²) in [4.78, 5) is 13.5. The standard InChI is InChI=1S/C12H16N2O2/c1-16-12(15)11-8-14(9-13-11)7-10-5-3-2-4-6-10/h2-6,11,13H,7-9H2,1H3/t11-/m1/s1. The van der Waals surface area contributed by atoms with Crippen molar-refractivity contribution < 1.29 is 9.53 Å². The van der Waals surface area contributed by atoms with Crippen molar-refractivity contribution in [1.82, 2.24) is 10.2 Å². The van der Waals surface area contributed by atoms with Gasteiger partial charge in [0.25, 0.3) is 0 Å². The third-order valence-corrected chi connectivity index (χ3v) is 2.74. The van der Waals surface area contributed by atoms with Gasteiger partial charge in [0.1, 0.15) is 6.04 Å². The fourth-order valence-electron chi connectivity index (χ4n) is 1.89. The summed E-state index contributed by atoms with van der Waals surface area (Å²) >= 11 is 0. The Morgan fingerprint density at radius 2 is 2.25 bits per heavy atom. The van der Waals surface area contributed by atoms with E-state index in [4.69, 9.17) is 4.74 Å².